The summed E-state index contributed by atoms with van der Waals surface area (Å²) in [4.78, 5) is 61.0. The van der Waals surface area contributed by atoms with Gasteiger partial charge in [-0.2, -0.15) is 12.6 Å². The molecule has 1 heterocycles. The molecule has 8 N–H and O–H groups in total. The summed E-state index contributed by atoms with van der Waals surface area (Å²) >= 11 is 3.91. The number of amides is 4. The van der Waals surface area contributed by atoms with Gasteiger partial charge in [0.1, 0.15) is 18.1 Å². The molecular weight excluding hydrogens is 418 g/mol. The van der Waals surface area contributed by atoms with Crippen LogP contribution in [0.25, 0.3) is 0 Å². The molecule has 0 aliphatic carbocycles. The number of aliphatic hydroxyl groups excluding tert-OH is 1. The zero-order chi connectivity index (χ0) is 23.0. The lowest BCUT2D eigenvalue weighted by Crippen LogP contribution is -2.59. The third-order valence-corrected chi connectivity index (χ3v) is 5.11. The summed E-state index contributed by atoms with van der Waals surface area (Å²) in [6.45, 7) is 1.50. The summed E-state index contributed by atoms with van der Waals surface area (Å²) in [5.41, 5.74) is 10.6. The van der Waals surface area contributed by atoms with E-state index in [-0.39, 0.29) is 31.6 Å². The summed E-state index contributed by atoms with van der Waals surface area (Å²) in [7, 11) is 0. The van der Waals surface area contributed by atoms with Crippen molar-refractivity contribution in [3.8, 4) is 0 Å². The lowest BCUT2D eigenvalue weighted by molar-refractivity contribution is -0.146. The van der Waals surface area contributed by atoms with Gasteiger partial charge in [-0.05, 0) is 26.2 Å². The van der Waals surface area contributed by atoms with Crippen molar-refractivity contribution in [3.05, 3.63) is 0 Å². The molecule has 0 spiro atoms. The Hall–Kier alpha value is -2.38. The summed E-state index contributed by atoms with van der Waals surface area (Å²) < 4.78 is 0. The lowest BCUT2D eigenvalue weighted by Gasteiger charge is -2.31. The van der Waals surface area contributed by atoms with Crippen molar-refractivity contribution in [2.24, 2.45) is 11.5 Å². The minimum absolute atomic E-state index is 0.0309. The normalized spacial score (nSPS) is 20.0. The Kier molecular flexibility index (Phi) is 10.0. The number of nitrogens with zero attached hydrogens (tertiary/aromatic N) is 1. The van der Waals surface area contributed by atoms with Crippen LogP contribution in [0.5, 0.6) is 0 Å². The lowest BCUT2D eigenvalue weighted by atomic mass is 10.1. The average Bonchev–Trinajstić information content (AvgIpc) is 3.17. The molecule has 1 saturated heterocycles. The smallest absolute Gasteiger partial charge is 0.326 e. The van der Waals surface area contributed by atoms with Crippen LogP contribution < -0.4 is 22.1 Å². The fraction of sp³-hybridized carbons (Fsp3) is 0.706. The van der Waals surface area contributed by atoms with E-state index in [1.807, 2.05) is 0 Å². The highest BCUT2D eigenvalue weighted by atomic mass is 32.1. The first-order chi connectivity index (χ1) is 14.0. The number of primary amides is 1. The highest BCUT2D eigenvalue weighted by Crippen LogP contribution is 2.20. The molecular formula is C17H29N5O7S. The fourth-order valence-electron chi connectivity index (χ4n) is 3.03. The minimum Gasteiger partial charge on any atom is -0.480 e. The van der Waals surface area contributed by atoms with Gasteiger partial charge in [-0.25, -0.2) is 4.79 Å². The third kappa shape index (κ3) is 7.15. The van der Waals surface area contributed by atoms with E-state index < -0.39 is 59.9 Å². The second-order valence-electron chi connectivity index (χ2n) is 7.11. The highest BCUT2D eigenvalue weighted by Gasteiger charge is 2.40. The monoisotopic (exact) mass is 447 g/mol. The molecule has 0 saturated carbocycles. The Morgan fingerprint density at radius 3 is 2.37 bits per heavy atom. The molecule has 0 bridgehead atoms. The molecule has 170 valence electrons. The molecule has 30 heavy (non-hydrogen) atoms. The maximum atomic E-state index is 12.9. The van der Waals surface area contributed by atoms with Crippen LogP contribution in [0, 0.1) is 0 Å². The second kappa shape index (κ2) is 11.7. The zero-order valence-electron chi connectivity index (χ0n) is 16.6. The van der Waals surface area contributed by atoms with Crippen molar-refractivity contribution in [1.29, 1.82) is 0 Å². The number of carbonyl (C=O) groups excluding carboxylic acids is 4. The molecule has 5 atom stereocenters. The molecule has 13 heteroatoms. The third-order valence-electron chi connectivity index (χ3n) is 4.71. The van der Waals surface area contributed by atoms with Gasteiger partial charge in [0, 0.05) is 18.7 Å². The van der Waals surface area contributed by atoms with E-state index in [1.54, 1.807) is 0 Å². The topological polar surface area (TPSA) is 205 Å². The first-order valence-corrected chi connectivity index (χ1v) is 10.1. The van der Waals surface area contributed by atoms with E-state index >= 15 is 0 Å². The van der Waals surface area contributed by atoms with E-state index in [0.717, 1.165) is 0 Å². The average molecular weight is 448 g/mol. The van der Waals surface area contributed by atoms with Crippen molar-refractivity contribution in [1.82, 2.24) is 15.5 Å². The number of thiol groups is 1. The zero-order valence-corrected chi connectivity index (χ0v) is 17.5. The van der Waals surface area contributed by atoms with Crippen molar-refractivity contribution >= 4 is 42.2 Å². The first-order valence-electron chi connectivity index (χ1n) is 9.46. The standard InChI is InChI=1S/C17H29N5O7S/c1-8(23)13(21-14(25)9(18)7-30)16(27)22-6-2-3-11(22)15(26)20-10(17(28)29)4-5-12(19)24/h8-11,13,23,30H,2-7,18H2,1H3,(H2,19,24)(H,20,26)(H,21,25)(H,28,29). The van der Waals surface area contributed by atoms with Crippen molar-refractivity contribution in [3.63, 3.8) is 0 Å². The quantitative estimate of drug-likeness (QED) is 0.161. The molecule has 1 fully saturated rings. The number of carboxylic acids is 1. The Morgan fingerprint density at radius 2 is 1.87 bits per heavy atom. The maximum absolute atomic E-state index is 12.9. The summed E-state index contributed by atoms with van der Waals surface area (Å²) in [5.74, 6) is -4.09. The van der Waals surface area contributed by atoms with Gasteiger partial charge in [0.05, 0.1) is 12.1 Å². The van der Waals surface area contributed by atoms with Crippen LogP contribution in [-0.4, -0.2) is 87.3 Å². The number of carboxylic acid groups (broad SMARTS) is 1. The largest absolute Gasteiger partial charge is 0.480 e. The Bertz CT molecular complexity index is 675. The van der Waals surface area contributed by atoms with Gasteiger partial charge < -0.3 is 37.2 Å². The number of hydrogen-bond acceptors (Lipinski definition) is 8. The fourth-order valence-corrected chi connectivity index (χ4v) is 3.19. The SMILES string of the molecule is CC(O)C(NC(=O)C(N)CS)C(=O)N1CCCC1C(=O)NC(CCC(N)=O)C(=O)O. The van der Waals surface area contributed by atoms with Gasteiger partial charge >= 0.3 is 5.97 Å². The molecule has 5 unspecified atom stereocenters. The number of aliphatic carboxylic acids is 1. The Morgan fingerprint density at radius 1 is 1.23 bits per heavy atom. The second-order valence-corrected chi connectivity index (χ2v) is 7.48. The number of aliphatic hydroxyl groups is 1. The van der Waals surface area contributed by atoms with Crippen LogP contribution in [0.3, 0.4) is 0 Å². The van der Waals surface area contributed by atoms with Gasteiger partial charge in [0.15, 0.2) is 0 Å². The van der Waals surface area contributed by atoms with Crippen molar-refractivity contribution < 1.29 is 34.2 Å². The molecule has 0 aromatic carbocycles. The number of rotatable bonds is 11. The number of nitrogens with one attached hydrogen (secondary N) is 2. The maximum Gasteiger partial charge on any atom is 0.326 e. The minimum atomic E-state index is -1.34. The Balaban J connectivity index is 2.90. The van der Waals surface area contributed by atoms with Gasteiger partial charge in [0.2, 0.25) is 23.6 Å². The summed E-state index contributed by atoms with van der Waals surface area (Å²) in [5, 5.41) is 23.9. The van der Waals surface area contributed by atoms with Crippen LogP contribution >= 0.6 is 12.6 Å². The van der Waals surface area contributed by atoms with Crippen LogP contribution in [-0.2, 0) is 24.0 Å². The van der Waals surface area contributed by atoms with Crippen LogP contribution in [0.15, 0.2) is 0 Å². The summed E-state index contributed by atoms with van der Waals surface area (Å²) in [6, 6.07) is -4.64. The highest BCUT2D eigenvalue weighted by molar-refractivity contribution is 7.80. The van der Waals surface area contributed by atoms with E-state index in [1.165, 1.54) is 11.8 Å². The predicted octanol–water partition coefficient (Wildman–Crippen LogP) is -3.06. The number of hydrogen-bond donors (Lipinski definition) is 7. The molecule has 1 aliphatic heterocycles. The Labute approximate surface area is 179 Å². The van der Waals surface area contributed by atoms with E-state index in [4.69, 9.17) is 11.5 Å². The molecule has 1 rings (SSSR count). The predicted molar refractivity (Wildman–Crippen MR) is 108 cm³/mol. The molecule has 12 nitrogen and oxygen atoms in total. The van der Waals surface area contributed by atoms with Crippen molar-refractivity contribution in [2.75, 3.05) is 12.3 Å². The molecule has 1 aliphatic rings. The number of carbonyl (C=O) groups is 5. The summed E-state index contributed by atoms with van der Waals surface area (Å²) in [6.07, 6.45) is -0.937. The van der Waals surface area contributed by atoms with Gasteiger partial charge in [-0.15, -0.1) is 0 Å². The van der Waals surface area contributed by atoms with Gasteiger partial charge in [-0.1, -0.05) is 0 Å². The van der Waals surface area contributed by atoms with Crippen LogP contribution in [0.2, 0.25) is 0 Å². The number of likely N-dealkylation sites (tertiary alicyclic amines) is 1. The van der Waals surface area contributed by atoms with Gasteiger partial charge in [0.25, 0.3) is 0 Å². The molecule has 0 radical (unpaired) electrons. The molecule has 4 amide bonds. The molecule has 0 aromatic rings. The first kappa shape index (κ1) is 25.7. The van der Waals surface area contributed by atoms with Crippen LogP contribution in [0.1, 0.15) is 32.6 Å². The molecule has 0 aromatic heterocycles. The van der Waals surface area contributed by atoms with Crippen LogP contribution in [0.4, 0.5) is 0 Å². The van der Waals surface area contributed by atoms with E-state index in [9.17, 15) is 34.2 Å². The number of nitrogens with two attached hydrogens (primary N) is 2. The van der Waals surface area contributed by atoms with Crippen molar-refractivity contribution in [2.45, 2.75) is 62.9 Å². The van der Waals surface area contributed by atoms with E-state index in [2.05, 4.69) is 23.3 Å². The van der Waals surface area contributed by atoms with E-state index in [0.29, 0.717) is 6.42 Å². The van der Waals surface area contributed by atoms with Gasteiger partial charge in [-0.3, -0.25) is 19.2 Å².